The van der Waals surface area contributed by atoms with E-state index in [2.05, 4.69) is 163 Å². The molecule has 0 saturated carbocycles. The third-order valence-electron chi connectivity index (χ3n) is 7.96. The number of hydrogen-bond acceptors (Lipinski definition) is 3. The first-order chi connectivity index (χ1) is 20.9. The molecule has 1 aliphatic rings. The van der Waals surface area contributed by atoms with E-state index in [1.54, 1.807) is 0 Å². The van der Waals surface area contributed by atoms with Crippen molar-refractivity contribution in [2.75, 3.05) is 23.5 Å². The molecule has 0 atom stereocenters. The van der Waals surface area contributed by atoms with E-state index >= 15 is 0 Å². The standard InChI is InChI=1S/C25H24N2.C14H14N2.Ir/c1-17-12-18(2)14-22(13-17)23-15-19(3)24(20(4)16-23)27-11-10-26-25(27)21-8-6-5-7-9-21;1-15-11-16(12-7-3-2-4-8-12)14-10-6-5-9-13(14)15;/h5-16H,1-4H3;2-10H,11H2,1H3;/q;;+3. The molecule has 4 nitrogen and oxygen atoms in total. The average molecular weight is 755 g/mol. The Bertz CT molecular complexity index is 1820. The van der Waals surface area contributed by atoms with Crippen molar-refractivity contribution in [3.8, 4) is 28.2 Å². The molecule has 6 aromatic rings. The number of anilines is 3. The minimum atomic E-state index is 0. The number of benzene rings is 5. The first-order valence-electron chi connectivity index (χ1n) is 14.8. The van der Waals surface area contributed by atoms with Crippen LogP contribution in [0.2, 0.25) is 0 Å². The maximum absolute atomic E-state index is 4.61. The van der Waals surface area contributed by atoms with Crippen LogP contribution in [0.5, 0.6) is 0 Å². The summed E-state index contributed by atoms with van der Waals surface area (Å²) in [4.78, 5) is 9.21. The van der Waals surface area contributed by atoms with Gasteiger partial charge in [0.25, 0.3) is 0 Å². The number of imidazole rings is 1. The molecule has 0 aliphatic carbocycles. The Balaban J connectivity index is 0.000000193. The van der Waals surface area contributed by atoms with Gasteiger partial charge in [-0.05, 0) is 86.3 Å². The van der Waals surface area contributed by atoms with Crippen LogP contribution in [0.15, 0.2) is 128 Å². The zero-order valence-corrected chi connectivity index (χ0v) is 28.3. The van der Waals surface area contributed by atoms with Crippen molar-refractivity contribution >= 4 is 17.1 Å². The van der Waals surface area contributed by atoms with Crippen molar-refractivity contribution in [1.82, 2.24) is 9.55 Å². The van der Waals surface area contributed by atoms with E-state index < -0.39 is 0 Å². The summed E-state index contributed by atoms with van der Waals surface area (Å²) in [6.07, 6.45) is 3.92. The fraction of sp³-hybridized carbons (Fsp3) is 0.154. The van der Waals surface area contributed by atoms with Crippen LogP contribution in [0.1, 0.15) is 22.3 Å². The van der Waals surface area contributed by atoms with Crippen LogP contribution < -0.4 is 9.80 Å². The molecule has 44 heavy (non-hydrogen) atoms. The molecule has 0 bridgehead atoms. The first kappa shape index (κ1) is 31.0. The van der Waals surface area contributed by atoms with E-state index in [0.717, 1.165) is 18.1 Å². The first-order valence-corrected chi connectivity index (χ1v) is 14.8. The van der Waals surface area contributed by atoms with Crippen molar-refractivity contribution in [1.29, 1.82) is 0 Å². The molecular formula is C39H38IrN4+3. The Morgan fingerprint density at radius 1 is 0.591 bits per heavy atom. The molecule has 1 aliphatic heterocycles. The fourth-order valence-corrected chi connectivity index (χ4v) is 6.14. The predicted octanol–water partition coefficient (Wildman–Crippen LogP) is 9.67. The Kier molecular flexibility index (Phi) is 9.49. The number of hydrogen-bond donors (Lipinski definition) is 0. The van der Waals surface area contributed by atoms with E-state index in [1.807, 2.05) is 18.5 Å². The topological polar surface area (TPSA) is 24.3 Å². The maximum Gasteiger partial charge on any atom is 3.00 e. The average Bonchev–Trinajstić information content (AvgIpc) is 3.63. The van der Waals surface area contributed by atoms with Gasteiger partial charge in [-0.15, -0.1) is 0 Å². The van der Waals surface area contributed by atoms with Crippen molar-refractivity contribution < 1.29 is 20.1 Å². The summed E-state index contributed by atoms with van der Waals surface area (Å²) in [6, 6.07) is 40.7. The summed E-state index contributed by atoms with van der Waals surface area (Å²) in [7, 11) is 2.13. The quantitative estimate of drug-likeness (QED) is 0.179. The third-order valence-corrected chi connectivity index (χ3v) is 7.96. The van der Waals surface area contributed by atoms with Gasteiger partial charge in [0, 0.05) is 30.7 Å². The molecule has 0 saturated heterocycles. The monoisotopic (exact) mass is 755 g/mol. The molecule has 0 unspecified atom stereocenters. The van der Waals surface area contributed by atoms with Gasteiger partial charge >= 0.3 is 20.1 Å². The van der Waals surface area contributed by atoms with Gasteiger partial charge in [0.05, 0.1) is 23.7 Å². The van der Waals surface area contributed by atoms with Gasteiger partial charge < -0.3 is 9.80 Å². The van der Waals surface area contributed by atoms with Gasteiger partial charge in [-0.3, -0.25) is 4.57 Å². The zero-order valence-electron chi connectivity index (χ0n) is 26.0. The number of para-hydroxylation sites is 3. The molecule has 0 N–H and O–H groups in total. The van der Waals surface area contributed by atoms with E-state index in [0.29, 0.717) is 0 Å². The van der Waals surface area contributed by atoms with E-state index in [9.17, 15) is 0 Å². The van der Waals surface area contributed by atoms with Crippen LogP contribution in [0.3, 0.4) is 0 Å². The molecule has 7 rings (SSSR count). The van der Waals surface area contributed by atoms with Crippen molar-refractivity contribution in [3.05, 3.63) is 150 Å². The predicted molar refractivity (Wildman–Crippen MR) is 182 cm³/mol. The Morgan fingerprint density at radius 2 is 1.14 bits per heavy atom. The van der Waals surface area contributed by atoms with Gasteiger partial charge in [0.2, 0.25) is 0 Å². The van der Waals surface area contributed by atoms with E-state index in [4.69, 9.17) is 0 Å². The van der Waals surface area contributed by atoms with E-state index in [-0.39, 0.29) is 20.1 Å². The summed E-state index contributed by atoms with van der Waals surface area (Å²) >= 11 is 0. The largest absolute Gasteiger partial charge is 3.00 e. The van der Waals surface area contributed by atoms with Gasteiger partial charge in [-0.2, -0.15) is 0 Å². The van der Waals surface area contributed by atoms with Crippen LogP contribution in [0, 0.1) is 27.7 Å². The van der Waals surface area contributed by atoms with Crippen LogP contribution in [0.25, 0.3) is 28.2 Å². The summed E-state index contributed by atoms with van der Waals surface area (Å²) in [5, 5.41) is 0. The molecule has 0 amide bonds. The minimum absolute atomic E-state index is 0. The minimum Gasteiger partial charge on any atom is -0.355 e. The van der Waals surface area contributed by atoms with Crippen molar-refractivity contribution in [2.45, 2.75) is 27.7 Å². The van der Waals surface area contributed by atoms with E-state index in [1.165, 1.54) is 56.1 Å². The van der Waals surface area contributed by atoms with Gasteiger partial charge in [-0.1, -0.05) is 90.0 Å². The van der Waals surface area contributed by atoms with Gasteiger partial charge in [-0.25, -0.2) is 4.98 Å². The zero-order chi connectivity index (χ0) is 29.9. The van der Waals surface area contributed by atoms with Crippen LogP contribution >= 0.6 is 0 Å². The molecule has 0 radical (unpaired) electrons. The second-order valence-electron chi connectivity index (χ2n) is 11.4. The third kappa shape index (κ3) is 6.40. The molecular weight excluding hydrogens is 717 g/mol. The maximum atomic E-state index is 4.61. The fourth-order valence-electron chi connectivity index (χ4n) is 6.14. The molecule has 220 valence electrons. The summed E-state index contributed by atoms with van der Waals surface area (Å²) < 4.78 is 2.20. The normalized spacial score (nSPS) is 11.8. The second-order valence-corrected chi connectivity index (χ2v) is 11.4. The van der Waals surface area contributed by atoms with Gasteiger partial charge in [0.15, 0.2) is 0 Å². The van der Waals surface area contributed by atoms with Crippen LogP contribution in [0.4, 0.5) is 17.1 Å². The molecule has 2 heterocycles. The Labute approximate surface area is 275 Å². The number of fused-ring (bicyclic) bond motifs is 1. The second kappa shape index (κ2) is 13.5. The van der Waals surface area contributed by atoms with Crippen molar-refractivity contribution in [2.24, 2.45) is 0 Å². The Morgan fingerprint density at radius 3 is 1.77 bits per heavy atom. The summed E-state index contributed by atoms with van der Waals surface area (Å²) in [5.74, 6) is 0.973. The molecule has 1 aromatic heterocycles. The smallest absolute Gasteiger partial charge is 0.355 e. The number of aryl methyl sites for hydroxylation is 4. The summed E-state index contributed by atoms with van der Waals surface area (Å²) in [6.45, 7) is 9.60. The van der Waals surface area contributed by atoms with Crippen LogP contribution in [-0.4, -0.2) is 23.3 Å². The van der Waals surface area contributed by atoms with Crippen molar-refractivity contribution in [3.63, 3.8) is 0 Å². The van der Waals surface area contributed by atoms with Crippen LogP contribution in [-0.2, 0) is 20.1 Å². The molecule has 0 spiro atoms. The number of nitrogens with zero attached hydrogens (tertiary/aromatic N) is 4. The molecule has 5 heteroatoms. The number of aromatic nitrogens is 2. The molecule has 5 aromatic carbocycles. The summed E-state index contributed by atoms with van der Waals surface area (Å²) in [5.41, 5.74) is 13.8. The molecule has 0 fully saturated rings. The number of rotatable bonds is 4. The Hall–Kier alpha value is -4.44. The SMILES string of the molecule is CN1CN(c2ccccc2)c2ccccc21.Cc1cc(C)cc(-c2cc(C)c(-n3ccnc3-c3ccccc3)c(C)c2)c1.[Ir+3]. The van der Waals surface area contributed by atoms with Gasteiger partial charge in [0.1, 0.15) is 5.82 Å².